The zero-order valence-corrected chi connectivity index (χ0v) is 17.8. The number of rotatable bonds is 12. The number of hydrogen-bond acceptors (Lipinski definition) is 6. The van der Waals surface area contributed by atoms with Crippen molar-refractivity contribution in [1.82, 2.24) is 5.32 Å². The Morgan fingerprint density at radius 2 is 1.69 bits per heavy atom. The van der Waals surface area contributed by atoms with Crippen molar-refractivity contribution in [2.75, 3.05) is 25.0 Å². The Hall–Kier alpha value is -3.65. The summed E-state index contributed by atoms with van der Waals surface area (Å²) in [5, 5.41) is 17.3. The van der Waals surface area contributed by atoms with Crippen LogP contribution in [0.4, 0.5) is 15.8 Å². The van der Waals surface area contributed by atoms with Crippen LogP contribution in [0.25, 0.3) is 0 Å². The highest BCUT2D eigenvalue weighted by atomic mass is 19.1. The first-order chi connectivity index (χ1) is 15.6. The third kappa shape index (κ3) is 6.42. The lowest BCUT2D eigenvalue weighted by atomic mass is 10.1. The van der Waals surface area contributed by atoms with E-state index in [9.17, 15) is 14.5 Å². The summed E-state index contributed by atoms with van der Waals surface area (Å²) in [6, 6.07) is 18.5. The molecule has 0 spiro atoms. The van der Waals surface area contributed by atoms with Crippen molar-refractivity contribution in [3.05, 3.63) is 93.8 Å². The molecule has 0 aromatic heterocycles. The molecule has 0 amide bonds. The molecule has 0 saturated carbocycles. The van der Waals surface area contributed by atoms with E-state index in [0.717, 1.165) is 11.3 Å². The molecule has 3 aromatic rings. The monoisotopic (exact) mass is 439 g/mol. The zero-order valence-electron chi connectivity index (χ0n) is 17.8. The Bertz CT molecular complexity index is 1030. The molecule has 0 fully saturated rings. The largest absolute Gasteiger partial charge is 0.490 e. The van der Waals surface area contributed by atoms with Crippen LogP contribution in [0.1, 0.15) is 18.1 Å². The lowest BCUT2D eigenvalue weighted by molar-refractivity contribution is -0.384. The molecule has 168 valence electrons. The van der Waals surface area contributed by atoms with Gasteiger partial charge in [-0.3, -0.25) is 10.1 Å². The van der Waals surface area contributed by atoms with Gasteiger partial charge in [0.05, 0.1) is 11.5 Å². The standard InChI is InChI=1S/C24H26FN3O4/c1-2-31-23-9-5-7-18(24(23)32-17-19-6-3-4-8-22(19)25)16-26-14-15-27-20-10-12-21(13-11-20)28(29)30/h3-13,26-27H,2,14-17H2,1H3. The summed E-state index contributed by atoms with van der Waals surface area (Å²) in [5.74, 6) is 0.902. The van der Waals surface area contributed by atoms with Gasteiger partial charge in [0, 0.05) is 48.6 Å². The van der Waals surface area contributed by atoms with Gasteiger partial charge in [-0.1, -0.05) is 30.3 Å². The SMILES string of the molecule is CCOc1cccc(CNCCNc2ccc([N+](=O)[O-])cc2)c1OCc1ccccc1F. The molecule has 0 atom stereocenters. The number of nitro benzene ring substituents is 1. The quantitative estimate of drug-likeness (QED) is 0.237. The summed E-state index contributed by atoms with van der Waals surface area (Å²) in [7, 11) is 0. The van der Waals surface area contributed by atoms with E-state index in [1.165, 1.54) is 18.2 Å². The van der Waals surface area contributed by atoms with Crippen LogP contribution in [-0.4, -0.2) is 24.6 Å². The molecule has 0 radical (unpaired) electrons. The number of nitrogens with one attached hydrogen (secondary N) is 2. The van der Waals surface area contributed by atoms with E-state index < -0.39 is 4.92 Å². The summed E-state index contributed by atoms with van der Waals surface area (Å²) >= 11 is 0. The second-order valence-electron chi connectivity index (χ2n) is 6.97. The van der Waals surface area contributed by atoms with Crippen LogP contribution in [0.15, 0.2) is 66.7 Å². The van der Waals surface area contributed by atoms with Crippen molar-refractivity contribution in [3.63, 3.8) is 0 Å². The Kier molecular flexibility index (Phi) is 8.39. The summed E-state index contributed by atoms with van der Waals surface area (Å²) in [5.41, 5.74) is 2.25. The van der Waals surface area contributed by atoms with E-state index in [4.69, 9.17) is 9.47 Å². The molecule has 0 aliphatic rings. The molecule has 7 nitrogen and oxygen atoms in total. The van der Waals surface area contributed by atoms with E-state index in [2.05, 4.69) is 10.6 Å². The predicted octanol–water partition coefficient (Wildman–Crippen LogP) is 4.91. The first-order valence-electron chi connectivity index (χ1n) is 10.4. The molecule has 0 aliphatic heterocycles. The molecule has 0 heterocycles. The summed E-state index contributed by atoms with van der Waals surface area (Å²) < 4.78 is 25.6. The smallest absolute Gasteiger partial charge is 0.269 e. The number of anilines is 1. The summed E-state index contributed by atoms with van der Waals surface area (Å²) in [4.78, 5) is 10.3. The first-order valence-corrected chi connectivity index (χ1v) is 10.4. The van der Waals surface area contributed by atoms with Gasteiger partial charge in [-0.2, -0.15) is 0 Å². The molecular weight excluding hydrogens is 413 g/mol. The highest BCUT2D eigenvalue weighted by molar-refractivity contribution is 5.49. The number of hydrogen-bond donors (Lipinski definition) is 2. The Morgan fingerprint density at radius 1 is 0.938 bits per heavy atom. The molecule has 0 aliphatic carbocycles. The maximum Gasteiger partial charge on any atom is 0.269 e. The number of halogens is 1. The number of nitrogens with zero attached hydrogens (tertiary/aromatic N) is 1. The Morgan fingerprint density at radius 3 is 2.41 bits per heavy atom. The van der Waals surface area contributed by atoms with Crippen LogP contribution in [0.2, 0.25) is 0 Å². The minimum absolute atomic E-state index is 0.0609. The second kappa shape index (κ2) is 11.7. The van der Waals surface area contributed by atoms with Crippen molar-refractivity contribution in [3.8, 4) is 11.5 Å². The lowest BCUT2D eigenvalue weighted by Gasteiger charge is -2.17. The first kappa shape index (κ1) is 23.0. The fraction of sp³-hybridized carbons (Fsp3) is 0.250. The molecule has 2 N–H and O–H groups in total. The maximum atomic E-state index is 14.0. The number of benzene rings is 3. The van der Waals surface area contributed by atoms with Crippen molar-refractivity contribution in [2.24, 2.45) is 0 Å². The zero-order chi connectivity index (χ0) is 22.8. The number of non-ortho nitro benzene ring substituents is 1. The fourth-order valence-electron chi connectivity index (χ4n) is 3.12. The van der Waals surface area contributed by atoms with E-state index in [-0.39, 0.29) is 18.1 Å². The molecule has 8 heteroatoms. The van der Waals surface area contributed by atoms with Crippen molar-refractivity contribution in [1.29, 1.82) is 0 Å². The highest BCUT2D eigenvalue weighted by Crippen LogP contribution is 2.32. The fourth-order valence-corrected chi connectivity index (χ4v) is 3.12. The Labute approximate surface area is 186 Å². The van der Waals surface area contributed by atoms with Crippen LogP contribution in [0.3, 0.4) is 0 Å². The van der Waals surface area contributed by atoms with Gasteiger partial charge < -0.3 is 20.1 Å². The van der Waals surface area contributed by atoms with E-state index >= 15 is 0 Å². The van der Waals surface area contributed by atoms with Crippen molar-refractivity contribution >= 4 is 11.4 Å². The normalized spacial score (nSPS) is 10.6. The van der Waals surface area contributed by atoms with Crippen molar-refractivity contribution in [2.45, 2.75) is 20.1 Å². The second-order valence-corrected chi connectivity index (χ2v) is 6.97. The molecule has 32 heavy (non-hydrogen) atoms. The average molecular weight is 439 g/mol. The minimum Gasteiger partial charge on any atom is -0.490 e. The van der Waals surface area contributed by atoms with Gasteiger partial charge in [0.25, 0.3) is 5.69 Å². The topological polar surface area (TPSA) is 85.7 Å². The predicted molar refractivity (Wildman–Crippen MR) is 122 cm³/mol. The van der Waals surface area contributed by atoms with Crippen LogP contribution >= 0.6 is 0 Å². The molecular formula is C24H26FN3O4. The average Bonchev–Trinajstić information content (AvgIpc) is 2.80. The van der Waals surface area contributed by atoms with Gasteiger partial charge in [-0.05, 0) is 31.2 Å². The number of para-hydroxylation sites is 1. The van der Waals surface area contributed by atoms with Gasteiger partial charge in [0.15, 0.2) is 11.5 Å². The van der Waals surface area contributed by atoms with E-state index in [1.54, 1.807) is 30.3 Å². The lowest BCUT2D eigenvalue weighted by Crippen LogP contribution is -2.22. The van der Waals surface area contributed by atoms with Crippen molar-refractivity contribution < 1.29 is 18.8 Å². The van der Waals surface area contributed by atoms with Gasteiger partial charge in [0.2, 0.25) is 0 Å². The van der Waals surface area contributed by atoms with E-state index in [1.807, 2.05) is 25.1 Å². The van der Waals surface area contributed by atoms with Crippen LogP contribution < -0.4 is 20.1 Å². The summed E-state index contributed by atoms with van der Waals surface area (Å²) in [6.07, 6.45) is 0. The molecule has 0 saturated heterocycles. The Balaban J connectivity index is 1.56. The third-order valence-corrected chi connectivity index (χ3v) is 4.71. The molecule has 3 rings (SSSR count). The molecule has 0 unspecified atom stereocenters. The van der Waals surface area contributed by atoms with Crippen LogP contribution in [0.5, 0.6) is 11.5 Å². The van der Waals surface area contributed by atoms with Gasteiger partial charge in [-0.15, -0.1) is 0 Å². The summed E-state index contributed by atoms with van der Waals surface area (Å²) in [6.45, 7) is 4.32. The number of nitro groups is 1. The van der Waals surface area contributed by atoms with E-state index in [0.29, 0.717) is 43.3 Å². The third-order valence-electron chi connectivity index (χ3n) is 4.71. The molecule has 3 aromatic carbocycles. The van der Waals surface area contributed by atoms with Gasteiger partial charge in [0.1, 0.15) is 12.4 Å². The molecule has 0 bridgehead atoms. The number of ether oxygens (including phenoxy) is 2. The maximum absolute atomic E-state index is 14.0. The van der Waals surface area contributed by atoms with Crippen LogP contribution in [0, 0.1) is 15.9 Å². The van der Waals surface area contributed by atoms with Crippen LogP contribution in [-0.2, 0) is 13.2 Å². The minimum atomic E-state index is -0.423. The van der Waals surface area contributed by atoms with Gasteiger partial charge in [-0.25, -0.2) is 4.39 Å². The van der Waals surface area contributed by atoms with Gasteiger partial charge >= 0.3 is 0 Å². The highest BCUT2D eigenvalue weighted by Gasteiger charge is 2.12.